The molecule has 1 aliphatic carbocycles. The first-order valence-electron chi connectivity index (χ1n) is 10.1. The SMILES string of the molecule is Cc1noc(C)c1COc1cccc(C(=O)NCCOC2CCCCC2C)c1. The van der Waals surface area contributed by atoms with Gasteiger partial charge in [-0.05, 0) is 50.8 Å². The Kier molecular flexibility index (Phi) is 7.09. The van der Waals surface area contributed by atoms with E-state index in [1.54, 1.807) is 12.1 Å². The fourth-order valence-electron chi connectivity index (χ4n) is 3.60. The quantitative estimate of drug-likeness (QED) is 0.689. The number of aromatic nitrogens is 1. The summed E-state index contributed by atoms with van der Waals surface area (Å²) in [5.74, 6) is 1.87. The van der Waals surface area contributed by atoms with Crippen molar-refractivity contribution in [1.82, 2.24) is 10.5 Å². The summed E-state index contributed by atoms with van der Waals surface area (Å²) >= 11 is 0. The molecule has 3 rings (SSSR count). The van der Waals surface area contributed by atoms with Crippen molar-refractivity contribution in [2.24, 2.45) is 5.92 Å². The molecule has 6 nitrogen and oxygen atoms in total. The van der Waals surface area contributed by atoms with Gasteiger partial charge in [-0.3, -0.25) is 4.79 Å². The van der Waals surface area contributed by atoms with Crippen molar-refractivity contribution in [1.29, 1.82) is 0 Å². The zero-order valence-corrected chi connectivity index (χ0v) is 17.0. The standard InChI is InChI=1S/C22H30N2O4/c1-15-7-4-5-10-21(15)26-12-11-23-22(25)18-8-6-9-19(13-18)27-14-20-16(2)24-28-17(20)3/h6,8-9,13,15,21H,4-5,7,10-12,14H2,1-3H3,(H,23,25). The molecule has 6 heteroatoms. The highest BCUT2D eigenvalue weighted by Gasteiger charge is 2.21. The van der Waals surface area contributed by atoms with Crippen molar-refractivity contribution in [3.05, 3.63) is 46.8 Å². The van der Waals surface area contributed by atoms with Crippen LogP contribution in [0.15, 0.2) is 28.8 Å². The van der Waals surface area contributed by atoms with E-state index in [9.17, 15) is 4.79 Å². The summed E-state index contributed by atoms with van der Waals surface area (Å²) in [6.07, 6.45) is 5.22. The number of ether oxygens (including phenoxy) is 2. The van der Waals surface area contributed by atoms with Crippen LogP contribution in [0.2, 0.25) is 0 Å². The Hall–Kier alpha value is -2.34. The second-order valence-corrected chi connectivity index (χ2v) is 7.55. The smallest absolute Gasteiger partial charge is 0.251 e. The molecule has 2 unspecified atom stereocenters. The van der Waals surface area contributed by atoms with Gasteiger partial charge in [-0.25, -0.2) is 0 Å². The predicted octanol–water partition coefficient (Wildman–Crippen LogP) is 4.20. The Morgan fingerprint density at radius 2 is 2.11 bits per heavy atom. The number of hydrogen-bond donors (Lipinski definition) is 1. The largest absolute Gasteiger partial charge is 0.489 e. The molecule has 2 aromatic rings. The van der Waals surface area contributed by atoms with Gasteiger partial charge in [0, 0.05) is 12.1 Å². The van der Waals surface area contributed by atoms with E-state index in [4.69, 9.17) is 14.0 Å². The maximum Gasteiger partial charge on any atom is 0.251 e. The molecule has 1 aliphatic rings. The highest BCUT2D eigenvalue weighted by Crippen LogP contribution is 2.26. The molecular formula is C22H30N2O4. The van der Waals surface area contributed by atoms with Crippen molar-refractivity contribution < 1.29 is 18.8 Å². The summed E-state index contributed by atoms with van der Waals surface area (Å²) in [5, 5.41) is 6.85. The zero-order valence-electron chi connectivity index (χ0n) is 17.0. The van der Waals surface area contributed by atoms with Gasteiger partial charge >= 0.3 is 0 Å². The third kappa shape index (κ3) is 5.35. The predicted molar refractivity (Wildman–Crippen MR) is 106 cm³/mol. The molecular weight excluding hydrogens is 356 g/mol. The van der Waals surface area contributed by atoms with Gasteiger partial charge in [0.1, 0.15) is 18.1 Å². The van der Waals surface area contributed by atoms with Gasteiger partial charge in [-0.2, -0.15) is 0 Å². The third-order valence-corrected chi connectivity index (χ3v) is 5.41. The molecule has 0 radical (unpaired) electrons. The fraction of sp³-hybridized carbons (Fsp3) is 0.545. The molecule has 0 bridgehead atoms. The Bertz CT molecular complexity index is 767. The van der Waals surface area contributed by atoms with Crippen molar-refractivity contribution >= 4 is 5.91 Å². The van der Waals surface area contributed by atoms with Crippen LogP contribution in [0, 0.1) is 19.8 Å². The minimum absolute atomic E-state index is 0.122. The van der Waals surface area contributed by atoms with Gasteiger partial charge in [-0.15, -0.1) is 0 Å². The molecule has 1 aromatic carbocycles. The molecule has 1 fully saturated rings. The topological polar surface area (TPSA) is 73.6 Å². The number of nitrogens with zero attached hydrogens (tertiary/aromatic N) is 1. The van der Waals surface area contributed by atoms with Crippen molar-refractivity contribution in [3.63, 3.8) is 0 Å². The van der Waals surface area contributed by atoms with Crippen LogP contribution in [-0.2, 0) is 11.3 Å². The van der Waals surface area contributed by atoms with Crippen LogP contribution in [0.1, 0.15) is 60.0 Å². The van der Waals surface area contributed by atoms with Crippen molar-refractivity contribution in [2.75, 3.05) is 13.2 Å². The van der Waals surface area contributed by atoms with Crippen molar-refractivity contribution in [3.8, 4) is 5.75 Å². The molecule has 1 heterocycles. The van der Waals surface area contributed by atoms with E-state index in [2.05, 4.69) is 17.4 Å². The van der Waals surface area contributed by atoms with E-state index >= 15 is 0 Å². The fourth-order valence-corrected chi connectivity index (χ4v) is 3.60. The van der Waals surface area contributed by atoms with Crippen LogP contribution in [0.4, 0.5) is 0 Å². The molecule has 0 spiro atoms. The second kappa shape index (κ2) is 9.73. The first kappa shape index (κ1) is 20.4. The lowest BCUT2D eigenvalue weighted by molar-refractivity contribution is -0.00293. The van der Waals surface area contributed by atoms with Crippen LogP contribution < -0.4 is 10.1 Å². The average Bonchev–Trinajstić information content (AvgIpc) is 3.02. The molecule has 1 saturated carbocycles. The number of benzene rings is 1. The monoisotopic (exact) mass is 386 g/mol. The number of amides is 1. The summed E-state index contributed by atoms with van der Waals surface area (Å²) in [7, 11) is 0. The lowest BCUT2D eigenvalue weighted by atomic mass is 9.88. The number of rotatable bonds is 8. The van der Waals surface area contributed by atoms with Crippen LogP contribution in [0.5, 0.6) is 5.75 Å². The van der Waals surface area contributed by atoms with Gasteiger partial charge in [-0.1, -0.05) is 31.0 Å². The first-order valence-corrected chi connectivity index (χ1v) is 10.1. The van der Waals surface area contributed by atoms with Gasteiger partial charge in [0.25, 0.3) is 5.91 Å². The number of carbonyl (C=O) groups excluding carboxylic acids is 1. The highest BCUT2D eigenvalue weighted by atomic mass is 16.5. The Labute approximate surface area is 166 Å². The molecule has 0 saturated heterocycles. The summed E-state index contributed by atoms with van der Waals surface area (Å²) in [6, 6.07) is 7.18. The molecule has 1 amide bonds. The molecule has 28 heavy (non-hydrogen) atoms. The van der Waals surface area contributed by atoms with E-state index in [0.717, 1.165) is 23.4 Å². The Balaban J connectivity index is 1.45. The highest BCUT2D eigenvalue weighted by molar-refractivity contribution is 5.94. The minimum atomic E-state index is -0.122. The number of hydrogen-bond acceptors (Lipinski definition) is 5. The van der Waals surface area contributed by atoms with Crippen LogP contribution in [-0.4, -0.2) is 30.3 Å². The average molecular weight is 386 g/mol. The van der Waals surface area contributed by atoms with Gasteiger partial charge in [0.2, 0.25) is 0 Å². The van der Waals surface area contributed by atoms with E-state index in [1.165, 1.54) is 19.3 Å². The molecule has 2 atom stereocenters. The second-order valence-electron chi connectivity index (χ2n) is 7.55. The maximum atomic E-state index is 12.4. The Morgan fingerprint density at radius 1 is 1.29 bits per heavy atom. The molecule has 152 valence electrons. The molecule has 1 aromatic heterocycles. The third-order valence-electron chi connectivity index (χ3n) is 5.41. The Morgan fingerprint density at radius 3 is 2.86 bits per heavy atom. The summed E-state index contributed by atoms with van der Waals surface area (Å²) < 4.78 is 16.9. The van der Waals surface area contributed by atoms with E-state index < -0.39 is 0 Å². The van der Waals surface area contributed by atoms with E-state index in [1.807, 2.05) is 26.0 Å². The van der Waals surface area contributed by atoms with Crippen LogP contribution >= 0.6 is 0 Å². The minimum Gasteiger partial charge on any atom is -0.489 e. The molecule has 0 aliphatic heterocycles. The normalized spacial score (nSPS) is 19.4. The molecule has 1 N–H and O–H groups in total. The van der Waals surface area contributed by atoms with Gasteiger partial charge in [0.05, 0.1) is 24.0 Å². The van der Waals surface area contributed by atoms with Gasteiger partial charge < -0.3 is 19.3 Å². The number of aryl methyl sites for hydroxylation is 2. The summed E-state index contributed by atoms with van der Waals surface area (Å²) in [6.45, 7) is 7.40. The number of carbonyl (C=O) groups is 1. The van der Waals surface area contributed by atoms with Crippen LogP contribution in [0.3, 0.4) is 0 Å². The van der Waals surface area contributed by atoms with Crippen LogP contribution in [0.25, 0.3) is 0 Å². The van der Waals surface area contributed by atoms with Crippen molar-refractivity contribution in [2.45, 2.75) is 59.2 Å². The van der Waals surface area contributed by atoms with E-state index in [0.29, 0.717) is 43.1 Å². The summed E-state index contributed by atoms with van der Waals surface area (Å²) in [5.41, 5.74) is 2.32. The lowest BCUT2D eigenvalue weighted by Gasteiger charge is -2.28. The number of nitrogens with one attached hydrogen (secondary N) is 1. The lowest BCUT2D eigenvalue weighted by Crippen LogP contribution is -2.31. The van der Waals surface area contributed by atoms with E-state index in [-0.39, 0.29) is 5.91 Å². The summed E-state index contributed by atoms with van der Waals surface area (Å²) in [4.78, 5) is 12.4. The first-order chi connectivity index (χ1) is 13.5. The maximum absolute atomic E-state index is 12.4. The zero-order chi connectivity index (χ0) is 19.9. The van der Waals surface area contributed by atoms with Gasteiger partial charge in [0.15, 0.2) is 0 Å².